The van der Waals surface area contributed by atoms with Gasteiger partial charge in [-0.3, -0.25) is 0 Å². The molecule has 4 heteroatoms. The van der Waals surface area contributed by atoms with Crippen molar-refractivity contribution in [1.82, 2.24) is 4.98 Å². The van der Waals surface area contributed by atoms with E-state index in [1.54, 1.807) is 12.3 Å². The number of hydrogen-bond acceptors (Lipinski definition) is 4. The van der Waals surface area contributed by atoms with E-state index in [4.69, 9.17) is 11.0 Å². The Hall–Kier alpha value is -2.02. The monoisotopic (exact) mass is 242 g/mol. The molecule has 0 unspecified atom stereocenters. The minimum Gasteiger partial charge on any atom is -0.397 e. The molecule has 0 fully saturated rings. The first kappa shape index (κ1) is 12.4. The summed E-state index contributed by atoms with van der Waals surface area (Å²) in [7, 11) is 0. The van der Waals surface area contributed by atoms with Crippen LogP contribution in [0.2, 0.25) is 0 Å². The Morgan fingerprint density at radius 2 is 2.33 bits per heavy atom. The van der Waals surface area contributed by atoms with Crippen LogP contribution in [0, 0.1) is 11.3 Å². The first-order chi connectivity index (χ1) is 8.79. The number of anilines is 2. The third-order valence-electron chi connectivity index (χ3n) is 3.15. The van der Waals surface area contributed by atoms with Gasteiger partial charge in [0.15, 0.2) is 0 Å². The van der Waals surface area contributed by atoms with Gasteiger partial charge < -0.3 is 11.1 Å². The lowest BCUT2D eigenvalue weighted by Crippen LogP contribution is -2.07. The average molecular weight is 242 g/mol. The summed E-state index contributed by atoms with van der Waals surface area (Å²) in [4.78, 5) is 4.15. The zero-order valence-electron chi connectivity index (χ0n) is 10.4. The summed E-state index contributed by atoms with van der Waals surface area (Å²) in [6.45, 7) is 0.817. The van der Waals surface area contributed by atoms with Crippen molar-refractivity contribution in [3.05, 3.63) is 29.5 Å². The van der Waals surface area contributed by atoms with Gasteiger partial charge in [-0.1, -0.05) is 11.6 Å². The number of aromatic nitrogens is 1. The highest BCUT2D eigenvalue weighted by Crippen LogP contribution is 2.20. The second-order valence-electron chi connectivity index (χ2n) is 4.56. The topological polar surface area (TPSA) is 74.7 Å². The molecule has 0 saturated heterocycles. The van der Waals surface area contributed by atoms with Crippen LogP contribution >= 0.6 is 0 Å². The van der Waals surface area contributed by atoms with Crippen LogP contribution in [0.1, 0.15) is 37.7 Å². The van der Waals surface area contributed by atoms with E-state index in [0.29, 0.717) is 17.1 Å². The molecule has 1 heterocycles. The maximum absolute atomic E-state index is 8.99. The zero-order chi connectivity index (χ0) is 12.8. The van der Waals surface area contributed by atoms with Gasteiger partial charge in [0.2, 0.25) is 0 Å². The van der Waals surface area contributed by atoms with Crippen molar-refractivity contribution in [3.63, 3.8) is 0 Å². The Morgan fingerprint density at radius 3 is 3.06 bits per heavy atom. The molecule has 1 aromatic heterocycles. The highest BCUT2D eigenvalue weighted by molar-refractivity contribution is 5.57. The maximum Gasteiger partial charge on any atom is 0.144 e. The summed E-state index contributed by atoms with van der Waals surface area (Å²) in [6.07, 6.45) is 9.97. The minimum absolute atomic E-state index is 0.507. The second-order valence-corrected chi connectivity index (χ2v) is 4.56. The Bertz CT molecular complexity index is 485. The first-order valence-electron chi connectivity index (χ1n) is 6.37. The fourth-order valence-corrected chi connectivity index (χ4v) is 2.18. The molecular weight excluding hydrogens is 224 g/mol. The number of nitriles is 1. The number of pyridine rings is 1. The Morgan fingerprint density at radius 1 is 1.44 bits per heavy atom. The third-order valence-corrected chi connectivity index (χ3v) is 3.15. The summed E-state index contributed by atoms with van der Waals surface area (Å²) in [5.41, 5.74) is 8.14. The van der Waals surface area contributed by atoms with Gasteiger partial charge in [0.25, 0.3) is 0 Å². The van der Waals surface area contributed by atoms with Gasteiger partial charge in [-0.25, -0.2) is 4.98 Å². The van der Waals surface area contributed by atoms with E-state index in [9.17, 15) is 0 Å². The zero-order valence-corrected chi connectivity index (χ0v) is 10.4. The van der Waals surface area contributed by atoms with Crippen LogP contribution < -0.4 is 11.1 Å². The van der Waals surface area contributed by atoms with E-state index in [1.165, 1.54) is 31.3 Å². The molecule has 1 aromatic rings. The molecule has 3 N–H and O–H groups in total. The van der Waals surface area contributed by atoms with Crippen LogP contribution in [0.15, 0.2) is 23.9 Å². The molecule has 2 rings (SSSR count). The molecule has 0 saturated carbocycles. The molecule has 0 aliphatic heterocycles. The minimum atomic E-state index is 0.507. The molecule has 0 radical (unpaired) electrons. The maximum atomic E-state index is 8.99. The number of rotatable bonds is 4. The second kappa shape index (κ2) is 6.06. The largest absolute Gasteiger partial charge is 0.397 e. The van der Waals surface area contributed by atoms with Gasteiger partial charge in [-0.15, -0.1) is 0 Å². The highest BCUT2D eigenvalue weighted by atomic mass is 15.0. The number of nitrogens with two attached hydrogens (primary N) is 1. The molecule has 1 aliphatic rings. The Labute approximate surface area is 108 Å². The molecule has 18 heavy (non-hydrogen) atoms. The normalized spacial score (nSPS) is 14.7. The van der Waals surface area contributed by atoms with Crippen molar-refractivity contribution in [1.29, 1.82) is 5.26 Å². The smallest absolute Gasteiger partial charge is 0.144 e. The number of nitrogens with zero attached hydrogens (tertiary/aromatic N) is 2. The van der Waals surface area contributed by atoms with Crippen LogP contribution in [0.25, 0.3) is 0 Å². The van der Waals surface area contributed by atoms with Crippen molar-refractivity contribution < 1.29 is 0 Å². The summed E-state index contributed by atoms with van der Waals surface area (Å²) in [5, 5.41) is 12.2. The molecule has 0 amide bonds. The van der Waals surface area contributed by atoms with E-state index in [1.807, 2.05) is 0 Å². The summed E-state index contributed by atoms with van der Waals surface area (Å²) >= 11 is 0. The van der Waals surface area contributed by atoms with Crippen LogP contribution in [-0.4, -0.2) is 11.5 Å². The molecule has 4 nitrogen and oxygen atoms in total. The molecular formula is C14H18N4. The lowest BCUT2D eigenvalue weighted by Gasteiger charge is -2.13. The Balaban J connectivity index is 1.90. The van der Waals surface area contributed by atoms with Gasteiger partial charge in [-0.2, -0.15) is 5.26 Å². The number of nitrogens with one attached hydrogen (secondary N) is 1. The van der Waals surface area contributed by atoms with Crippen LogP contribution in [0.3, 0.4) is 0 Å². The van der Waals surface area contributed by atoms with Crippen molar-refractivity contribution >= 4 is 11.5 Å². The molecule has 94 valence electrons. The van der Waals surface area contributed by atoms with Gasteiger partial charge >= 0.3 is 0 Å². The predicted octanol–water partition coefficient (Wildman–Crippen LogP) is 2.84. The van der Waals surface area contributed by atoms with Gasteiger partial charge in [-0.05, 0) is 38.2 Å². The lowest BCUT2D eigenvalue weighted by molar-refractivity contribution is 0.679. The van der Waals surface area contributed by atoms with Crippen LogP contribution in [0.4, 0.5) is 11.5 Å². The van der Waals surface area contributed by atoms with E-state index < -0.39 is 0 Å². The van der Waals surface area contributed by atoms with E-state index in [0.717, 1.165) is 13.0 Å². The number of nitrogen functional groups attached to an aromatic ring is 1. The quantitative estimate of drug-likeness (QED) is 0.796. The molecule has 0 bridgehead atoms. The first-order valence-corrected chi connectivity index (χ1v) is 6.37. The van der Waals surface area contributed by atoms with Gasteiger partial charge in [0.05, 0.1) is 17.4 Å². The van der Waals surface area contributed by atoms with Crippen molar-refractivity contribution in [2.45, 2.75) is 32.1 Å². The van der Waals surface area contributed by atoms with E-state index >= 15 is 0 Å². The fraction of sp³-hybridized carbons (Fsp3) is 0.429. The lowest BCUT2D eigenvalue weighted by atomic mass is 9.97. The van der Waals surface area contributed by atoms with Crippen molar-refractivity contribution in [2.75, 3.05) is 17.6 Å². The SMILES string of the molecule is N#Cc1cc(N)cnc1NCCC1=CCCCC1. The average Bonchev–Trinajstić information content (AvgIpc) is 2.41. The van der Waals surface area contributed by atoms with Crippen LogP contribution in [-0.2, 0) is 0 Å². The van der Waals surface area contributed by atoms with Gasteiger partial charge in [0.1, 0.15) is 11.9 Å². The third kappa shape index (κ3) is 3.24. The summed E-state index contributed by atoms with van der Waals surface area (Å²) < 4.78 is 0. The number of hydrogen-bond donors (Lipinski definition) is 2. The standard InChI is InChI=1S/C14H18N4/c15-9-12-8-13(16)10-18-14(12)17-7-6-11-4-2-1-3-5-11/h4,8,10H,1-3,5-7,16H2,(H,17,18). The van der Waals surface area contributed by atoms with Crippen LogP contribution in [0.5, 0.6) is 0 Å². The molecule has 0 aromatic carbocycles. The highest BCUT2D eigenvalue weighted by Gasteiger charge is 2.06. The fourth-order valence-electron chi connectivity index (χ4n) is 2.18. The summed E-state index contributed by atoms with van der Waals surface area (Å²) in [5.74, 6) is 0.628. The number of allylic oxidation sites excluding steroid dienone is 1. The summed E-state index contributed by atoms with van der Waals surface area (Å²) in [6, 6.07) is 3.75. The van der Waals surface area contributed by atoms with Crippen molar-refractivity contribution in [2.24, 2.45) is 0 Å². The molecule has 1 aliphatic carbocycles. The van der Waals surface area contributed by atoms with Crippen molar-refractivity contribution in [3.8, 4) is 6.07 Å². The van der Waals surface area contributed by atoms with E-state index in [-0.39, 0.29) is 0 Å². The molecule has 0 spiro atoms. The van der Waals surface area contributed by atoms with E-state index in [2.05, 4.69) is 22.4 Å². The van der Waals surface area contributed by atoms with Gasteiger partial charge in [0, 0.05) is 6.54 Å². The Kier molecular flexibility index (Phi) is 4.19. The predicted molar refractivity (Wildman–Crippen MR) is 73.0 cm³/mol. The molecule has 0 atom stereocenters.